The minimum absolute atomic E-state index is 0.156. The molecule has 0 aliphatic carbocycles. The fourth-order valence-electron chi connectivity index (χ4n) is 5.06. The van der Waals surface area contributed by atoms with E-state index >= 15 is 0 Å². The van der Waals surface area contributed by atoms with Crippen molar-refractivity contribution in [3.05, 3.63) is 77.4 Å². The molecule has 0 amide bonds. The monoisotopic (exact) mass is 537 g/mol. The van der Waals surface area contributed by atoms with E-state index in [0.29, 0.717) is 24.3 Å². The van der Waals surface area contributed by atoms with Gasteiger partial charge in [0.1, 0.15) is 11.5 Å². The maximum absolute atomic E-state index is 13.9. The maximum Gasteiger partial charge on any atom is 0.344 e. The normalized spacial score (nSPS) is 17.9. The van der Waals surface area contributed by atoms with Gasteiger partial charge in [0.2, 0.25) is 10.0 Å². The number of aliphatic carboxylic acids is 1. The van der Waals surface area contributed by atoms with E-state index in [1.807, 2.05) is 31.2 Å². The van der Waals surface area contributed by atoms with Gasteiger partial charge in [-0.1, -0.05) is 45.0 Å². The van der Waals surface area contributed by atoms with Crippen molar-refractivity contribution >= 4 is 16.0 Å². The van der Waals surface area contributed by atoms with Gasteiger partial charge in [0.05, 0.1) is 12.0 Å². The molecule has 1 aliphatic heterocycles. The van der Waals surface area contributed by atoms with Crippen LogP contribution >= 0.6 is 0 Å². The number of fused-ring (bicyclic) bond motifs is 1. The molecule has 1 aliphatic rings. The molecule has 38 heavy (non-hydrogen) atoms. The van der Waals surface area contributed by atoms with Gasteiger partial charge in [-0.2, -0.15) is 4.31 Å². The summed E-state index contributed by atoms with van der Waals surface area (Å²) in [5, 5.41) is 9.32. The first-order valence-corrected chi connectivity index (χ1v) is 14.1. The number of ether oxygens (including phenoxy) is 2. The Morgan fingerprint density at radius 3 is 2.32 bits per heavy atom. The summed E-state index contributed by atoms with van der Waals surface area (Å²) in [5.41, 5.74) is 4.30. The number of hydrogen-bond donors (Lipinski definition) is 1. The summed E-state index contributed by atoms with van der Waals surface area (Å²) in [6.45, 7) is 9.83. The second-order valence-electron chi connectivity index (χ2n) is 10.4. The number of rotatable bonds is 8. The SMILES string of the molecule is CCC(Oc1ccc(S(=O)(=O)N2CC(C)(C)c3ccc(-c4ccc(OC)cc4)cc3C2C)cc1C)C(=O)O. The molecule has 1 heterocycles. The molecule has 202 valence electrons. The van der Waals surface area contributed by atoms with E-state index in [1.54, 1.807) is 37.4 Å². The van der Waals surface area contributed by atoms with Crippen LogP contribution in [0.25, 0.3) is 11.1 Å². The molecule has 3 aromatic carbocycles. The first-order valence-electron chi connectivity index (χ1n) is 12.7. The van der Waals surface area contributed by atoms with Gasteiger partial charge in [-0.05, 0) is 84.5 Å². The van der Waals surface area contributed by atoms with Crippen molar-refractivity contribution in [3.63, 3.8) is 0 Å². The summed E-state index contributed by atoms with van der Waals surface area (Å²) in [7, 11) is -2.22. The molecule has 1 N–H and O–H groups in total. The van der Waals surface area contributed by atoms with E-state index in [-0.39, 0.29) is 10.9 Å². The summed E-state index contributed by atoms with van der Waals surface area (Å²) < 4.78 is 40.4. The fraction of sp³-hybridized carbons (Fsp3) is 0.367. The van der Waals surface area contributed by atoms with E-state index in [2.05, 4.69) is 32.0 Å². The van der Waals surface area contributed by atoms with Gasteiger partial charge in [-0.15, -0.1) is 0 Å². The first kappa shape index (κ1) is 27.7. The summed E-state index contributed by atoms with van der Waals surface area (Å²) >= 11 is 0. The molecule has 8 heteroatoms. The minimum Gasteiger partial charge on any atom is -0.497 e. The van der Waals surface area contributed by atoms with Crippen molar-refractivity contribution < 1.29 is 27.8 Å². The third-order valence-electron chi connectivity index (χ3n) is 7.31. The topological polar surface area (TPSA) is 93.1 Å². The van der Waals surface area contributed by atoms with Crippen molar-refractivity contribution in [3.8, 4) is 22.6 Å². The van der Waals surface area contributed by atoms with E-state index in [1.165, 1.54) is 6.07 Å². The van der Waals surface area contributed by atoms with E-state index in [9.17, 15) is 18.3 Å². The average molecular weight is 538 g/mol. The first-order chi connectivity index (χ1) is 17.9. The van der Waals surface area contributed by atoms with Gasteiger partial charge < -0.3 is 14.6 Å². The Morgan fingerprint density at radius 1 is 1.08 bits per heavy atom. The summed E-state index contributed by atoms with van der Waals surface area (Å²) in [6, 6.07) is 18.3. The smallest absolute Gasteiger partial charge is 0.344 e. The molecule has 7 nitrogen and oxygen atoms in total. The third-order valence-corrected chi connectivity index (χ3v) is 9.22. The van der Waals surface area contributed by atoms with Crippen molar-refractivity contribution in [1.82, 2.24) is 4.31 Å². The molecule has 2 unspecified atom stereocenters. The number of carboxylic acids is 1. The second-order valence-corrected chi connectivity index (χ2v) is 12.3. The molecule has 0 spiro atoms. The number of benzene rings is 3. The molecule has 3 aromatic rings. The van der Waals surface area contributed by atoms with Crippen LogP contribution in [-0.4, -0.2) is 43.6 Å². The molecule has 0 saturated carbocycles. The fourth-order valence-corrected chi connectivity index (χ4v) is 6.92. The highest BCUT2D eigenvalue weighted by atomic mass is 32.2. The molecule has 0 aromatic heterocycles. The highest BCUT2D eigenvalue weighted by Gasteiger charge is 2.42. The lowest BCUT2D eigenvalue weighted by molar-refractivity contribution is -0.145. The number of sulfonamides is 1. The highest BCUT2D eigenvalue weighted by molar-refractivity contribution is 7.89. The maximum atomic E-state index is 13.9. The van der Waals surface area contributed by atoms with Crippen LogP contribution in [0.4, 0.5) is 0 Å². The van der Waals surface area contributed by atoms with Gasteiger partial charge in [-0.3, -0.25) is 0 Å². The van der Waals surface area contributed by atoms with Crippen LogP contribution in [0.15, 0.2) is 65.6 Å². The number of hydrogen-bond acceptors (Lipinski definition) is 5. The van der Waals surface area contributed by atoms with Crippen molar-refractivity contribution in [2.45, 2.75) is 63.5 Å². The third kappa shape index (κ3) is 5.15. The van der Waals surface area contributed by atoms with Crippen LogP contribution in [0.3, 0.4) is 0 Å². The van der Waals surface area contributed by atoms with Crippen LogP contribution < -0.4 is 9.47 Å². The van der Waals surface area contributed by atoms with Crippen molar-refractivity contribution in [1.29, 1.82) is 0 Å². The molecule has 0 saturated heterocycles. The van der Waals surface area contributed by atoms with Crippen molar-refractivity contribution in [2.75, 3.05) is 13.7 Å². The summed E-state index contributed by atoms with van der Waals surface area (Å²) in [5.74, 6) is 0.0821. The van der Waals surface area contributed by atoms with Crippen LogP contribution in [-0.2, 0) is 20.2 Å². The molecule has 0 radical (unpaired) electrons. The molecular formula is C30H35NO6S. The van der Waals surface area contributed by atoms with Crippen LogP contribution in [0.2, 0.25) is 0 Å². The number of carboxylic acid groups (broad SMARTS) is 1. The van der Waals surface area contributed by atoms with E-state index in [4.69, 9.17) is 9.47 Å². The standard InChI is InChI=1S/C30H35NO6S/c1-7-27(29(32)33)37-28-15-13-24(16-19(28)2)38(34,35)31-18-30(4,5)26-14-10-22(17-25(26)20(31)3)21-8-11-23(36-6)12-9-21/h8-17,20,27H,7,18H2,1-6H3,(H,32,33). The molecule has 0 fully saturated rings. The van der Waals surface area contributed by atoms with Gasteiger partial charge in [0.15, 0.2) is 6.10 Å². The Balaban J connectivity index is 1.70. The number of nitrogens with zero attached hydrogens (tertiary/aromatic N) is 1. The predicted molar refractivity (Wildman–Crippen MR) is 147 cm³/mol. The Kier molecular flexibility index (Phi) is 7.59. The van der Waals surface area contributed by atoms with Gasteiger partial charge >= 0.3 is 5.97 Å². The Hall–Kier alpha value is -3.36. The van der Waals surface area contributed by atoms with E-state index in [0.717, 1.165) is 28.0 Å². The number of methoxy groups -OCH3 is 1. The Labute approximate surface area is 225 Å². The highest BCUT2D eigenvalue weighted by Crippen LogP contribution is 2.44. The minimum atomic E-state index is -3.86. The van der Waals surface area contributed by atoms with Crippen LogP contribution in [0.5, 0.6) is 11.5 Å². The second kappa shape index (κ2) is 10.4. The van der Waals surface area contributed by atoms with Crippen LogP contribution in [0, 0.1) is 6.92 Å². The summed E-state index contributed by atoms with van der Waals surface area (Å²) in [4.78, 5) is 11.5. The number of carbonyl (C=O) groups is 1. The van der Waals surface area contributed by atoms with Crippen molar-refractivity contribution in [2.24, 2.45) is 0 Å². The Bertz CT molecular complexity index is 1450. The van der Waals surface area contributed by atoms with Gasteiger partial charge in [0.25, 0.3) is 0 Å². The molecule has 2 atom stereocenters. The zero-order valence-corrected chi connectivity index (χ0v) is 23.5. The van der Waals surface area contributed by atoms with E-state index < -0.39 is 27.5 Å². The molecular weight excluding hydrogens is 502 g/mol. The lowest BCUT2D eigenvalue weighted by Crippen LogP contribution is -2.47. The quantitative estimate of drug-likeness (QED) is 0.381. The van der Waals surface area contributed by atoms with Gasteiger partial charge in [0, 0.05) is 18.0 Å². The largest absolute Gasteiger partial charge is 0.497 e. The average Bonchev–Trinajstić information content (AvgIpc) is 2.89. The zero-order valence-electron chi connectivity index (χ0n) is 22.7. The summed E-state index contributed by atoms with van der Waals surface area (Å²) in [6.07, 6.45) is -0.692. The van der Waals surface area contributed by atoms with Crippen LogP contribution in [0.1, 0.15) is 56.8 Å². The molecule has 0 bridgehead atoms. The lowest BCUT2D eigenvalue weighted by atomic mass is 9.76. The van der Waals surface area contributed by atoms with Gasteiger partial charge in [-0.25, -0.2) is 13.2 Å². The lowest BCUT2D eigenvalue weighted by Gasteiger charge is -2.43. The molecule has 4 rings (SSSR count). The predicted octanol–water partition coefficient (Wildman–Crippen LogP) is 5.96. The number of aryl methyl sites for hydroxylation is 1. The zero-order chi connectivity index (χ0) is 27.8. The Morgan fingerprint density at radius 2 is 1.74 bits per heavy atom.